The molecular weight excluding hydrogens is 262 g/mol. The van der Waals surface area contributed by atoms with E-state index in [9.17, 15) is 0 Å². The minimum atomic E-state index is 0.477. The summed E-state index contributed by atoms with van der Waals surface area (Å²) in [5.41, 5.74) is 4.79. The van der Waals surface area contributed by atoms with Crippen molar-refractivity contribution in [2.24, 2.45) is 0 Å². The van der Waals surface area contributed by atoms with Gasteiger partial charge in [-0.15, -0.1) is 0 Å². The van der Waals surface area contributed by atoms with Gasteiger partial charge in [0.05, 0.1) is 13.2 Å². The summed E-state index contributed by atoms with van der Waals surface area (Å²) >= 11 is 0. The normalized spacial score (nSPS) is 15.3. The molecule has 114 valence electrons. The summed E-state index contributed by atoms with van der Waals surface area (Å²) in [5.74, 6) is 1.51. The molecule has 1 aromatic carbocycles. The summed E-state index contributed by atoms with van der Waals surface area (Å²) < 4.78 is 11.7. The smallest absolute Gasteiger partial charge is 0.137 e. The monoisotopic (exact) mass is 287 g/mol. The molecule has 0 aliphatic heterocycles. The van der Waals surface area contributed by atoms with E-state index in [1.807, 2.05) is 0 Å². The molecule has 3 heteroatoms. The first-order valence-electron chi connectivity index (χ1n) is 7.88. The van der Waals surface area contributed by atoms with Crippen molar-refractivity contribution in [1.29, 1.82) is 0 Å². The standard InChI is InChI=1S/C18H25NO2/c1-11(2)14-8-5-12(3)18-17(14)15(10-20-4)16(21-18)9-19-13-6-7-13/h5,8,11,13,19H,6-7,9-10H2,1-4H3. The van der Waals surface area contributed by atoms with Gasteiger partial charge in [-0.25, -0.2) is 0 Å². The fourth-order valence-corrected chi connectivity index (χ4v) is 2.91. The number of benzene rings is 1. The number of nitrogens with one attached hydrogen (secondary N) is 1. The fraction of sp³-hybridized carbons (Fsp3) is 0.556. The Labute approximate surface area is 126 Å². The number of rotatable bonds is 6. The van der Waals surface area contributed by atoms with Crippen LogP contribution in [-0.4, -0.2) is 13.2 Å². The number of furan rings is 1. The van der Waals surface area contributed by atoms with Gasteiger partial charge in [-0.2, -0.15) is 0 Å². The van der Waals surface area contributed by atoms with Crippen LogP contribution in [0.4, 0.5) is 0 Å². The molecule has 1 fully saturated rings. The van der Waals surface area contributed by atoms with E-state index < -0.39 is 0 Å². The molecule has 0 saturated heterocycles. The summed E-state index contributed by atoms with van der Waals surface area (Å²) in [6.45, 7) is 7.99. The van der Waals surface area contributed by atoms with E-state index in [0.29, 0.717) is 18.6 Å². The van der Waals surface area contributed by atoms with Gasteiger partial charge in [0.25, 0.3) is 0 Å². The largest absolute Gasteiger partial charge is 0.459 e. The van der Waals surface area contributed by atoms with Crippen molar-refractivity contribution in [3.8, 4) is 0 Å². The molecule has 1 N–H and O–H groups in total. The summed E-state index contributed by atoms with van der Waals surface area (Å²) in [5, 5.41) is 4.81. The fourth-order valence-electron chi connectivity index (χ4n) is 2.91. The highest BCUT2D eigenvalue weighted by Crippen LogP contribution is 2.35. The molecule has 1 aliphatic carbocycles. The Morgan fingerprint density at radius 2 is 2.10 bits per heavy atom. The molecule has 3 nitrogen and oxygen atoms in total. The first kappa shape index (κ1) is 14.6. The van der Waals surface area contributed by atoms with Crippen molar-refractivity contribution in [1.82, 2.24) is 5.32 Å². The predicted octanol–water partition coefficient (Wildman–Crippen LogP) is 4.26. The second-order valence-corrected chi connectivity index (χ2v) is 6.42. The molecule has 0 bridgehead atoms. The van der Waals surface area contributed by atoms with Crippen LogP contribution in [0.5, 0.6) is 0 Å². The van der Waals surface area contributed by atoms with Gasteiger partial charge in [0, 0.05) is 24.1 Å². The van der Waals surface area contributed by atoms with Crippen molar-refractivity contribution < 1.29 is 9.15 Å². The van der Waals surface area contributed by atoms with Gasteiger partial charge in [-0.3, -0.25) is 0 Å². The zero-order valence-electron chi connectivity index (χ0n) is 13.5. The van der Waals surface area contributed by atoms with Crippen LogP contribution < -0.4 is 5.32 Å². The van der Waals surface area contributed by atoms with E-state index in [1.54, 1.807) is 7.11 Å². The van der Waals surface area contributed by atoms with Crippen LogP contribution in [0.3, 0.4) is 0 Å². The molecule has 0 radical (unpaired) electrons. The molecule has 0 unspecified atom stereocenters. The second kappa shape index (κ2) is 5.82. The second-order valence-electron chi connectivity index (χ2n) is 6.42. The maximum atomic E-state index is 6.21. The molecule has 1 aromatic heterocycles. The summed E-state index contributed by atoms with van der Waals surface area (Å²) in [7, 11) is 1.75. The Morgan fingerprint density at radius 3 is 2.71 bits per heavy atom. The van der Waals surface area contributed by atoms with E-state index in [2.05, 4.69) is 38.2 Å². The lowest BCUT2D eigenvalue weighted by Crippen LogP contribution is -2.15. The molecule has 1 heterocycles. The molecule has 0 amide bonds. The van der Waals surface area contributed by atoms with Gasteiger partial charge in [0.1, 0.15) is 11.3 Å². The van der Waals surface area contributed by atoms with E-state index in [-0.39, 0.29) is 0 Å². The first-order chi connectivity index (χ1) is 10.1. The van der Waals surface area contributed by atoms with Crippen LogP contribution in [0, 0.1) is 6.92 Å². The van der Waals surface area contributed by atoms with Crippen LogP contribution in [0.15, 0.2) is 16.5 Å². The van der Waals surface area contributed by atoms with Crippen LogP contribution in [0.2, 0.25) is 0 Å². The quantitative estimate of drug-likeness (QED) is 0.862. The molecule has 0 atom stereocenters. The number of ether oxygens (including phenoxy) is 1. The summed E-state index contributed by atoms with van der Waals surface area (Å²) in [6.07, 6.45) is 2.58. The Kier molecular flexibility index (Phi) is 4.05. The lowest BCUT2D eigenvalue weighted by Gasteiger charge is -2.10. The highest BCUT2D eigenvalue weighted by atomic mass is 16.5. The van der Waals surface area contributed by atoms with E-state index >= 15 is 0 Å². The van der Waals surface area contributed by atoms with Crippen molar-refractivity contribution >= 4 is 11.0 Å². The highest BCUT2D eigenvalue weighted by molar-refractivity contribution is 5.88. The molecular formula is C18H25NO2. The molecule has 21 heavy (non-hydrogen) atoms. The Balaban J connectivity index is 2.10. The van der Waals surface area contributed by atoms with Crippen LogP contribution >= 0.6 is 0 Å². The van der Waals surface area contributed by atoms with Crippen molar-refractivity contribution in [2.45, 2.75) is 58.7 Å². The van der Waals surface area contributed by atoms with E-state index in [1.165, 1.54) is 34.9 Å². The average molecular weight is 287 g/mol. The topological polar surface area (TPSA) is 34.4 Å². The molecule has 2 aromatic rings. The zero-order chi connectivity index (χ0) is 15.0. The van der Waals surface area contributed by atoms with Crippen LogP contribution in [0.25, 0.3) is 11.0 Å². The first-order valence-corrected chi connectivity index (χ1v) is 7.88. The van der Waals surface area contributed by atoms with Gasteiger partial charge in [0.2, 0.25) is 0 Å². The summed E-state index contributed by atoms with van der Waals surface area (Å²) in [6, 6.07) is 5.07. The van der Waals surface area contributed by atoms with Crippen molar-refractivity contribution in [3.05, 3.63) is 34.6 Å². The van der Waals surface area contributed by atoms with Crippen molar-refractivity contribution in [2.75, 3.05) is 7.11 Å². The average Bonchev–Trinajstić information content (AvgIpc) is 3.20. The van der Waals surface area contributed by atoms with Crippen LogP contribution in [0.1, 0.15) is 55.1 Å². The Bertz CT molecular complexity index is 638. The molecule has 0 spiro atoms. The molecule has 1 saturated carbocycles. The summed E-state index contributed by atoms with van der Waals surface area (Å²) in [4.78, 5) is 0. The van der Waals surface area contributed by atoms with Gasteiger partial charge in [-0.1, -0.05) is 26.0 Å². The number of methoxy groups -OCH3 is 1. The zero-order valence-corrected chi connectivity index (χ0v) is 13.5. The number of fused-ring (bicyclic) bond motifs is 1. The molecule has 1 aliphatic rings. The van der Waals surface area contributed by atoms with Crippen LogP contribution in [-0.2, 0) is 17.9 Å². The molecule has 3 rings (SSSR count). The maximum absolute atomic E-state index is 6.21. The number of hydrogen-bond donors (Lipinski definition) is 1. The van der Waals surface area contributed by atoms with Crippen molar-refractivity contribution in [3.63, 3.8) is 0 Å². The maximum Gasteiger partial charge on any atom is 0.137 e. The highest BCUT2D eigenvalue weighted by Gasteiger charge is 2.24. The Morgan fingerprint density at radius 1 is 1.33 bits per heavy atom. The Hall–Kier alpha value is -1.32. The number of aryl methyl sites for hydroxylation is 1. The van der Waals surface area contributed by atoms with Gasteiger partial charge >= 0.3 is 0 Å². The third-order valence-corrected chi connectivity index (χ3v) is 4.29. The van der Waals surface area contributed by atoms with Gasteiger partial charge in [0.15, 0.2) is 0 Å². The van der Waals surface area contributed by atoms with Gasteiger partial charge in [-0.05, 0) is 36.8 Å². The van der Waals surface area contributed by atoms with Gasteiger partial charge < -0.3 is 14.5 Å². The minimum Gasteiger partial charge on any atom is -0.459 e. The lowest BCUT2D eigenvalue weighted by molar-refractivity contribution is 0.183. The minimum absolute atomic E-state index is 0.477. The van der Waals surface area contributed by atoms with E-state index in [4.69, 9.17) is 9.15 Å². The predicted molar refractivity (Wildman–Crippen MR) is 85.6 cm³/mol. The van der Waals surface area contributed by atoms with E-state index in [0.717, 1.165) is 17.9 Å². The lowest BCUT2D eigenvalue weighted by atomic mass is 9.94. The third-order valence-electron chi connectivity index (χ3n) is 4.29. The third kappa shape index (κ3) is 2.85. The number of hydrogen-bond acceptors (Lipinski definition) is 3. The SMILES string of the molecule is COCc1c(CNC2CC2)oc2c(C)ccc(C(C)C)c12.